The van der Waals surface area contributed by atoms with E-state index in [4.69, 9.17) is 0 Å². The highest BCUT2D eigenvalue weighted by molar-refractivity contribution is 5.15. The highest BCUT2D eigenvalue weighted by Gasteiger charge is 2.27. The molecular formula is C15H21N3O3. The average molecular weight is 291 g/mol. The zero-order chi connectivity index (χ0) is 15.1. The summed E-state index contributed by atoms with van der Waals surface area (Å²) in [6, 6.07) is 10.0. The second-order valence-corrected chi connectivity index (χ2v) is 5.14. The number of benzene rings is 1. The minimum absolute atomic E-state index is 0.335. The molecule has 4 N–H and O–H groups in total. The molecule has 0 aliphatic rings. The maximum atomic E-state index is 9.25. The molecular weight excluding hydrogens is 270 g/mol. The molecule has 114 valence electrons. The Labute approximate surface area is 123 Å². The summed E-state index contributed by atoms with van der Waals surface area (Å²) in [6.45, 7) is 0.0942. The molecule has 1 aromatic carbocycles. The van der Waals surface area contributed by atoms with Crippen molar-refractivity contribution in [2.45, 2.75) is 18.6 Å². The SMILES string of the molecule is OCC(CO)(CO)NCc1cnn(Cc2ccccc2)c1. The van der Waals surface area contributed by atoms with Gasteiger partial charge >= 0.3 is 0 Å². The molecule has 0 bridgehead atoms. The lowest BCUT2D eigenvalue weighted by Crippen LogP contribution is -2.54. The van der Waals surface area contributed by atoms with E-state index in [1.54, 1.807) is 6.20 Å². The van der Waals surface area contributed by atoms with Gasteiger partial charge in [0.2, 0.25) is 0 Å². The highest BCUT2D eigenvalue weighted by atomic mass is 16.3. The standard InChI is InChI=1S/C15H21N3O3/c19-10-15(11-20,12-21)16-6-14-7-17-18(9-14)8-13-4-2-1-3-5-13/h1-5,7,9,16,19-21H,6,8,10-12H2. The van der Waals surface area contributed by atoms with Gasteiger partial charge in [-0.1, -0.05) is 30.3 Å². The van der Waals surface area contributed by atoms with Crippen LogP contribution < -0.4 is 5.32 Å². The van der Waals surface area contributed by atoms with E-state index in [1.165, 1.54) is 0 Å². The Bertz CT molecular complexity index is 530. The van der Waals surface area contributed by atoms with Gasteiger partial charge in [-0.3, -0.25) is 4.68 Å². The highest BCUT2D eigenvalue weighted by Crippen LogP contribution is 2.07. The van der Waals surface area contributed by atoms with E-state index in [1.807, 2.05) is 41.2 Å². The zero-order valence-electron chi connectivity index (χ0n) is 11.8. The summed E-state index contributed by atoms with van der Waals surface area (Å²) in [5, 5.41) is 35.0. The van der Waals surface area contributed by atoms with Crippen molar-refractivity contribution < 1.29 is 15.3 Å². The van der Waals surface area contributed by atoms with Gasteiger partial charge in [-0.2, -0.15) is 5.10 Å². The Kier molecular flexibility index (Phi) is 5.46. The molecule has 0 aliphatic carbocycles. The van der Waals surface area contributed by atoms with Gasteiger partial charge < -0.3 is 20.6 Å². The number of aromatic nitrogens is 2. The maximum Gasteiger partial charge on any atom is 0.0884 e. The van der Waals surface area contributed by atoms with Crippen molar-refractivity contribution in [2.75, 3.05) is 19.8 Å². The Morgan fingerprint density at radius 2 is 1.67 bits per heavy atom. The normalized spacial score (nSPS) is 11.8. The molecule has 6 nitrogen and oxygen atoms in total. The van der Waals surface area contributed by atoms with E-state index in [2.05, 4.69) is 10.4 Å². The first-order valence-corrected chi connectivity index (χ1v) is 6.84. The third kappa shape index (κ3) is 4.12. The van der Waals surface area contributed by atoms with Gasteiger partial charge in [-0.25, -0.2) is 0 Å². The van der Waals surface area contributed by atoms with Crippen LogP contribution in [0.25, 0.3) is 0 Å². The number of aliphatic hydroxyl groups is 3. The average Bonchev–Trinajstić information content (AvgIpc) is 2.98. The van der Waals surface area contributed by atoms with Crippen LogP contribution in [0, 0.1) is 0 Å². The monoisotopic (exact) mass is 291 g/mol. The second-order valence-electron chi connectivity index (χ2n) is 5.14. The fraction of sp³-hybridized carbons (Fsp3) is 0.400. The molecule has 0 fully saturated rings. The van der Waals surface area contributed by atoms with E-state index in [-0.39, 0.29) is 19.8 Å². The quantitative estimate of drug-likeness (QED) is 0.538. The molecule has 0 saturated carbocycles. The second kappa shape index (κ2) is 7.33. The lowest BCUT2D eigenvalue weighted by Gasteiger charge is -2.28. The predicted octanol–water partition coefficient (Wildman–Crippen LogP) is -0.263. The maximum absolute atomic E-state index is 9.25. The van der Waals surface area contributed by atoms with E-state index in [9.17, 15) is 15.3 Å². The van der Waals surface area contributed by atoms with Crippen LogP contribution in [0.1, 0.15) is 11.1 Å². The molecule has 2 rings (SSSR count). The van der Waals surface area contributed by atoms with Crippen molar-refractivity contribution >= 4 is 0 Å². The van der Waals surface area contributed by atoms with Crippen molar-refractivity contribution in [2.24, 2.45) is 0 Å². The minimum Gasteiger partial charge on any atom is -0.394 e. The van der Waals surface area contributed by atoms with Gasteiger partial charge in [0.25, 0.3) is 0 Å². The third-order valence-corrected chi connectivity index (χ3v) is 3.45. The lowest BCUT2D eigenvalue weighted by atomic mass is 10.0. The fourth-order valence-electron chi connectivity index (χ4n) is 1.96. The summed E-state index contributed by atoms with van der Waals surface area (Å²) in [6.07, 6.45) is 3.63. The number of nitrogens with zero attached hydrogens (tertiary/aromatic N) is 2. The van der Waals surface area contributed by atoms with Crippen LogP contribution in [0.3, 0.4) is 0 Å². The van der Waals surface area contributed by atoms with Gasteiger partial charge in [0.1, 0.15) is 0 Å². The first-order chi connectivity index (χ1) is 10.2. The summed E-state index contributed by atoms with van der Waals surface area (Å²) >= 11 is 0. The summed E-state index contributed by atoms with van der Waals surface area (Å²) in [5.41, 5.74) is 1.02. The first kappa shape index (κ1) is 15.7. The molecule has 0 atom stereocenters. The van der Waals surface area contributed by atoms with E-state index in [0.29, 0.717) is 13.1 Å². The van der Waals surface area contributed by atoms with E-state index >= 15 is 0 Å². The van der Waals surface area contributed by atoms with Crippen molar-refractivity contribution in [1.29, 1.82) is 0 Å². The van der Waals surface area contributed by atoms with Crippen molar-refractivity contribution in [1.82, 2.24) is 15.1 Å². The minimum atomic E-state index is -1.07. The fourth-order valence-corrected chi connectivity index (χ4v) is 1.96. The Hall–Kier alpha value is -1.73. The van der Waals surface area contributed by atoms with Crippen molar-refractivity contribution in [3.8, 4) is 0 Å². The van der Waals surface area contributed by atoms with Gasteiger partial charge in [0, 0.05) is 18.3 Å². The molecule has 1 aromatic heterocycles. The lowest BCUT2D eigenvalue weighted by molar-refractivity contribution is 0.0414. The summed E-state index contributed by atoms with van der Waals surface area (Å²) in [5.74, 6) is 0. The topological polar surface area (TPSA) is 90.5 Å². The van der Waals surface area contributed by atoms with Gasteiger partial charge in [-0.05, 0) is 5.56 Å². The molecule has 0 radical (unpaired) electrons. The number of hydrogen-bond acceptors (Lipinski definition) is 5. The van der Waals surface area contributed by atoms with Crippen LogP contribution in [0.15, 0.2) is 42.7 Å². The van der Waals surface area contributed by atoms with Crippen molar-refractivity contribution in [3.05, 3.63) is 53.9 Å². The zero-order valence-corrected chi connectivity index (χ0v) is 11.8. The summed E-state index contributed by atoms with van der Waals surface area (Å²) < 4.78 is 1.82. The smallest absolute Gasteiger partial charge is 0.0884 e. The molecule has 21 heavy (non-hydrogen) atoms. The number of rotatable bonds is 8. The number of hydrogen-bond donors (Lipinski definition) is 4. The first-order valence-electron chi connectivity index (χ1n) is 6.84. The van der Waals surface area contributed by atoms with Crippen LogP contribution in [-0.4, -0.2) is 50.5 Å². The molecule has 0 saturated heterocycles. The van der Waals surface area contributed by atoms with Crippen LogP contribution in [-0.2, 0) is 13.1 Å². The summed E-state index contributed by atoms with van der Waals surface area (Å²) in [4.78, 5) is 0. The number of nitrogens with one attached hydrogen (secondary N) is 1. The van der Waals surface area contributed by atoms with Crippen LogP contribution in [0.5, 0.6) is 0 Å². The van der Waals surface area contributed by atoms with E-state index < -0.39 is 5.54 Å². The van der Waals surface area contributed by atoms with Crippen molar-refractivity contribution in [3.63, 3.8) is 0 Å². The largest absolute Gasteiger partial charge is 0.394 e. The molecule has 0 spiro atoms. The molecule has 0 aliphatic heterocycles. The molecule has 1 heterocycles. The molecule has 0 unspecified atom stereocenters. The van der Waals surface area contributed by atoms with Gasteiger partial charge in [0.05, 0.1) is 38.1 Å². The van der Waals surface area contributed by atoms with Crippen LogP contribution >= 0.6 is 0 Å². The molecule has 0 amide bonds. The molecule has 6 heteroatoms. The Morgan fingerprint density at radius 1 is 1.00 bits per heavy atom. The van der Waals surface area contributed by atoms with Gasteiger partial charge in [0.15, 0.2) is 0 Å². The van der Waals surface area contributed by atoms with Crippen LogP contribution in [0.4, 0.5) is 0 Å². The van der Waals surface area contributed by atoms with E-state index in [0.717, 1.165) is 11.1 Å². The number of aliphatic hydroxyl groups excluding tert-OH is 3. The Balaban J connectivity index is 1.94. The summed E-state index contributed by atoms with van der Waals surface area (Å²) in [7, 11) is 0. The Morgan fingerprint density at radius 3 is 2.29 bits per heavy atom. The van der Waals surface area contributed by atoms with Crippen LogP contribution in [0.2, 0.25) is 0 Å². The third-order valence-electron chi connectivity index (χ3n) is 3.45. The van der Waals surface area contributed by atoms with Gasteiger partial charge in [-0.15, -0.1) is 0 Å². The molecule has 2 aromatic rings. The predicted molar refractivity (Wildman–Crippen MR) is 78.6 cm³/mol.